The Morgan fingerprint density at radius 3 is 2.73 bits per heavy atom. The average Bonchev–Trinajstić information content (AvgIpc) is 3.15. The number of aromatic nitrogens is 1. The molecule has 3 aromatic rings. The van der Waals surface area contributed by atoms with E-state index in [4.69, 9.17) is 9.26 Å². The average molecular weight is 462 g/mol. The number of halogens is 3. The van der Waals surface area contributed by atoms with E-state index in [0.717, 1.165) is 11.0 Å². The first-order chi connectivity index (χ1) is 15.7. The zero-order valence-corrected chi connectivity index (χ0v) is 17.8. The molecule has 0 saturated heterocycles. The number of anilines is 1. The Morgan fingerprint density at radius 1 is 1.24 bits per heavy atom. The molecule has 0 aliphatic carbocycles. The predicted molar refractivity (Wildman–Crippen MR) is 113 cm³/mol. The molecule has 33 heavy (non-hydrogen) atoms. The fourth-order valence-electron chi connectivity index (χ4n) is 3.55. The number of nitrogens with one attached hydrogen (secondary N) is 2. The van der Waals surface area contributed by atoms with E-state index in [2.05, 4.69) is 15.8 Å². The molecule has 1 aliphatic rings. The number of carbonyl (C=O) groups excluding carboxylic acids is 2. The van der Waals surface area contributed by atoms with Crippen LogP contribution in [0, 0.1) is 0 Å². The van der Waals surface area contributed by atoms with E-state index in [1.807, 2.05) is 0 Å². The van der Waals surface area contributed by atoms with Crippen molar-refractivity contribution < 1.29 is 32.0 Å². The highest BCUT2D eigenvalue weighted by Crippen LogP contribution is 2.43. The van der Waals surface area contributed by atoms with Crippen molar-refractivity contribution in [3.63, 3.8) is 0 Å². The number of amides is 2. The number of para-hydroxylation sites is 2. The lowest BCUT2D eigenvalue weighted by atomic mass is 10.1. The van der Waals surface area contributed by atoms with Gasteiger partial charge in [0.15, 0.2) is 11.3 Å². The highest BCUT2D eigenvalue weighted by Gasteiger charge is 2.40. The van der Waals surface area contributed by atoms with E-state index in [0.29, 0.717) is 16.7 Å². The number of nitrogens with zero attached hydrogens (tertiary/aromatic N) is 2. The van der Waals surface area contributed by atoms with Gasteiger partial charge in [0.05, 0.1) is 23.8 Å². The van der Waals surface area contributed by atoms with E-state index in [1.54, 1.807) is 38.2 Å². The first-order valence-corrected chi connectivity index (χ1v) is 10.2. The lowest BCUT2D eigenvalue weighted by molar-refractivity contribution is -0.139. The van der Waals surface area contributed by atoms with Crippen LogP contribution >= 0.6 is 0 Å². The number of benzene rings is 2. The number of rotatable bonds is 5. The van der Waals surface area contributed by atoms with Gasteiger partial charge in [0.25, 0.3) is 5.91 Å². The Kier molecular flexibility index (Phi) is 5.98. The minimum Gasteiger partial charge on any atom is -0.488 e. The molecule has 11 heteroatoms. The van der Waals surface area contributed by atoms with Crippen LogP contribution in [-0.4, -0.2) is 42.7 Å². The molecule has 4 rings (SSSR count). The number of carbonyl (C=O) groups is 2. The number of fused-ring (bicyclic) bond motifs is 2. The lowest BCUT2D eigenvalue weighted by Crippen LogP contribution is -2.53. The van der Waals surface area contributed by atoms with Crippen molar-refractivity contribution in [3.8, 4) is 5.75 Å². The van der Waals surface area contributed by atoms with Gasteiger partial charge < -0.3 is 24.8 Å². The molecule has 2 aromatic carbocycles. The highest BCUT2D eigenvalue weighted by molar-refractivity contribution is 6.02. The third kappa shape index (κ3) is 4.36. The van der Waals surface area contributed by atoms with Gasteiger partial charge in [-0.3, -0.25) is 9.59 Å². The second-order valence-electron chi connectivity index (χ2n) is 7.58. The van der Waals surface area contributed by atoms with Crippen LogP contribution in [-0.2, 0) is 22.3 Å². The van der Waals surface area contributed by atoms with Crippen LogP contribution < -0.4 is 20.3 Å². The van der Waals surface area contributed by atoms with Crippen molar-refractivity contribution in [1.29, 1.82) is 0 Å². The predicted octanol–water partition coefficient (Wildman–Crippen LogP) is 2.86. The molecule has 0 saturated carbocycles. The molecule has 0 unspecified atom stereocenters. The molecular weight excluding hydrogens is 441 g/mol. The summed E-state index contributed by atoms with van der Waals surface area (Å²) in [4.78, 5) is 27.0. The summed E-state index contributed by atoms with van der Waals surface area (Å²) in [5, 5.41) is 9.92. The number of likely N-dealkylation sites (N-methyl/N-ethyl adjacent to an activating group) is 1. The first kappa shape index (κ1) is 22.6. The summed E-state index contributed by atoms with van der Waals surface area (Å²) in [6.45, 7) is 0.950. The van der Waals surface area contributed by atoms with E-state index in [-0.39, 0.29) is 12.2 Å². The molecule has 0 spiro atoms. The Balaban J connectivity index is 1.78. The van der Waals surface area contributed by atoms with E-state index in [1.165, 1.54) is 12.1 Å². The Morgan fingerprint density at radius 2 is 2.00 bits per heavy atom. The van der Waals surface area contributed by atoms with Gasteiger partial charge in [-0.25, -0.2) is 0 Å². The van der Waals surface area contributed by atoms with Gasteiger partial charge in [-0.15, -0.1) is 0 Å². The minimum atomic E-state index is -4.70. The van der Waals surface area contributed by atoms with Crippen LogP contribution in [0.3, 0.4) is 0 Å². The molecule has 8 nitrogen and oxygen atoms in total. The third-order valence-electron chi connectivity index (χ3n) is 5.45. The number of ether oxygens (including phenoxy) is 1. The van der Waals surface area contributed by atoms with Crippen molar-refractivity contribution in [2.45, 2.75) is 31.7 Å². The number of hydrogen-bond acceptors (Lipinski definition) is 6. The summed E-state index contributed by atoms with van der Waals surface area (Å²) in [5.74, 6) is -1.60. The molecule has 0 bridgehead atoms. The largest absolute Gasteiger partial charge is 0.488 e. The van der Waals surface area contributed by atoms with Crippen LogP contribution in [0.25, 0.3) is 11.0 Å². The molecule has 174 valence electrons. The minimum absolute atomic E-state index is 0.0691. The maximum Gasteiger partial charge on any atom is 0.420 e. The number of alkyl halides is 3. The monoisotopic (exact) mass is 462 g/mol. The van der Waals surface area contributed by atoms with E-state index in [9.17, 15) is 22.8 Å². The van der Waals surface area contributed by atoms with Crippen molar-refractivity contribution >= 4 is 28.5 Å². The van der Waals surface area contributed by atoms with Crippen LogP contribution in [0.4, 0.5) is 18.9 Å². The van der Waals surface area contributed by atoms with Crippen LogP contribution in [0.5, 0.6) is 5.75 Å². The summed E-state index contributed by atoms with van der Waals surface area (Å²) in [6.07, 6.45) is -4.70. The summed E-state index contributed by atoms with van der Waals surface area (Å²) in [7, 11) is 1.57. The van der Waals surface area contributed by atoms with E-state index < -0.39 is 48.0 Å². The molecule has 1 aromatic heterocycles. The molecule has 0 fully saturated rings. The molecule has 0 radical (unpaired) electrons. The van der Waals surface area contributed by atoms with Gasteiger partial charge in [-0.05, 0) is 38.2 Å². The van der Waals surface area contributed by atoms with E-state index >= 15 is 0 Å². The summed E-state index contributed by atoms with van der Waals surface area (Å²) in [5.41, 5.74) is -0.250. The van der Waals surface area contributed by atoms with Gasteiger partial charge >= 0.3 is 6.18 Å². The Bertz CT molecular complexity index is 1190. The smallest absolute Gasteiger partial charge is 0.420 e. The molecular formula is C22H21F3N4O4. The van der Waals surface area contributed by atoms with Gasteiger partial charge in [-0.2, -0.15) is 13.2 Å². The maximum atomic E-state index is 13.7. The molecule has 2 amide bonds. The molecule has 2 heterocycles. The third-order valence-corrected chi connectivity index (χ3v) is 5.45. The first-order valence-electron chi connectivity index (χ1n) is 10.2. The topological polar surface area (TPSA) is 96.7 Å². The lowest BCUT2D eigenvalue weighted by Gasteiger charge is -2.25. The standard InChI is InChI=1S/C22H21F3N4O4/c1-12(26-2)20(30)27-16-11-32-19-14(22(23,24)25)7-5-8-17(19)29(21(16)31)10-15-13-6-3-4-9-18(13)33-28-15/h3-9,12,16,26H,10-11H2,1-2H3,(H,27,30)/t12-,16-/m0/s1. The molecule has 2 N–H and O–H groups in total. The molecule has 2 atom stereocenters. The van der Waals surface area contributed by atoms with Gasteiger partial charge in [0.1, 0.15) is 18.3 Å². The fraction of sp³-hybridized carbons (Fsp3) is 0.318. The van der Waals surface area contributed by atoms with Gasteiger partial charge in [0.2, 0.25) is 5.91 Å². The zero-order chi connectivity index (χ0) is 23.8. The normalized spacial score (nSPS) is 17.3. The van der Waals surface area contributed by atoms with Crippen LogP contribution in [0.15, 0.2) is 47.0 Å². The Hall–Kier alpha value is -3.60. The zero-order valence-electron chi connectivity index (χ0n) is 17.8. The summed E-state index contributed by atoms with van der Waals surface area (Å²) in [6, 6.07) is 8.56. The van der Waals surface area contributed by atoms with Crippen LogP contribution in [0.1, 0.15) is 18.2 Å². The van der Waals surface area contributed by atoms with Crippen molar-refractivity contribution in [3.05, 3.63) is 53.7 Å². The summed E-state index contributed by atoms with van der Waals surface area (Å²) >= 11 is 0. The SMILES string of the molecule is CN[C@@H](C)C(=O)N[C@H]1COc2c(cccc2C(F)(F)F)N(Cc2noc3ccccc23)C1=O. The summed E-state index contributed by atoms with van der Waals surface area (Å²) < 4.78 is 51.8. The van der Waals surface area contributed by atoms with Crippen molar-refractivity contribution in [2.75, 3.05) is 18.6 Å². The van der Waals surface area contributed by atoms with Crippen LogP contribution in [0.2, 0.25) is 0 Å². The number of hydrogen-bond donors (Lipinski definition) is 2. The Labute approximate surface area is 186 Å². The fourth-order valence-corrected chi connectivity index (χ4v) is 3.55. The second kappa shape index (κ2) is 8.74. The van der Waals surface area contributed by atoms with Crippen molar-refractivity contribution in [1.82, 2.24) is 15.8 Å². The molecule has 1 aliphatic heterocycles. The van der Waals surface area contributed by atoms with Crippen molar-refractivity contribution in [2.24, 2.45) is 0 Å². The quantitative estimate of drug-likeness (QED) is 0.606. The maximum absolute atomic E-state index is 13.7. The van der Waals surface area contributed by atoms with Gasteiger partial charge in [-0.1, -0.05) is 23.4 Å². The second-order valence-corrected chi connectivity index (χ2v) is 7.58. The van der Waals surface area contributed by atoms with Gasteiger partial charge in [0, 0.05) is 5.39 Å². The highest BCUT2D eigenvalue weighted by atomic mass is 19.4.